The summed E-state index contributed by atoms with van der Waals surface area (Å²) >= 11 is 11.6. The smallest absolute Gasteiger partial charge is 0.358 e. The van der Waals surface area contributed by atoms with Crippen LogP contribution in [0.15, 0.2) is 29.2 Å². The van der Waals surface area contributed by atoms with Gasteiger partial charge >= 0.3 is 5.97 Å². The predicted octanol–water partition coefficient (Wildman–Crippen LogP) is 2.99. The largest absolute Gasteiger partial charge is 0.461 e. The van der Waals surface area contributed by atoms with Crippen LogP contribution in [-0.4, -0.2) is 55.4 Å². The molecule has 8 nitrogen and oxygen atoms in total. The minimum absolute atomic E-state index is 0.0380. The molecule has 0 atom stereocenters. The molecule has 160 valence electrons. The average Bonchev–Trinajstić information content (AvgIpc) is 2.94. The summed E-state index contributed by atoms with van der Waals surface area (Å²) < 4.78 is 34.5. The van der Waals surface area contributed by atoms with E-state index in [0.717, 1.165) is 5.69 Å². The van der Waals surface area contributed by atoms with E-state index in [2.05, 4.69) is 9.71 Å². The zero-order valence-electron chi connectivity index (χ0n) is 16.5. The zero-order valence-corrected chi connectivity index (χ0v) is 18.8. The molecule has 0 amide bonds. The average molecular weight is 463 g/mol. The van der Waals surface area contributed by atoms with Crippen LogP contribution in [0.5, 0.6) is 0 Å². The topological polar surface area (TPSA) is 93.5 Å². The molecule has 0 spiro atoms. The summed E-state index contributed by atoms with van der Waals surface area (Å²) in [5.41, 5.74) is 0.853. The van der Waals surface area contributed by atoms with Gasteiger partial charge in [-0.3, -0.25) is 4.72 Å². The third-order valence-electron chi connectivity index (χ3n) is 4.24. The van der Waals surface area contributed by atoms with Gasteiger partial charge in [-0.1, -0.05) is 0 Å². The Hall–Kier alpha value is -1.97. The first-order valence-corrected chi connectivity index (χ1v) is 11.5. The monoisotopic (exact) mass is 462 g/mol. The Morgan fingerprint density at radius 2 is 1.79 bits per heavy atom. The number of carbonyl (C=O) groups excluding carboxylic acids is 1. The molecule has 29 heavy (non-hydrogen) atoms. The lowest BCUT2D eigenvalue weighted by Gasteiger charge is -2.23. The molecule has 0 unspecified atom stereocenters. The second-order valence-electron chi connectivity index (χ2n) is 6.10. The number of nitrogens with zero attached hydrogens (tertiary/aromatic N) is 3. The number of aromatic nitrogens is 2. The van der Waals surface area contributed by atoms with Crippen molar-refractivity contribution in [2.24, 2.45) is 7.05 Å². The molecule has 11 heteroatoms. The van der Waals surface area contributed by atoms with E-state index in [1.165, 1.54) is 16.7 Å². The van der Waals surface area contributed by atoms with Crippen LogP contribution in [0, 0.1) is 6.92 Å². The Morgan fingerprint density at radius 3 is 2.31 bits per heavy atom. The Bertz CT molecular complexity index is 940. The molecule has 0 aliphatic rings. The Labute approximate surface area is 180 Å². The van der Waals surface area contributed by atoms with Crippen molar-refractivity contribution in [2.75, 3.05) is 41.1 Å². The summed E-state index contributed by atoms with van der Waals surface area (Å²) in [6.45, 7) is 4.68. The maximum Gasteiger partial charge on any atom is 0.358 e. The minimum Gasteiger partial charge on any atom is -0.461 e. The van der Waals surface area contributed by atoms with E-state index in [1.54, 1.807) is 33.0 Å². The molecule has 0 saturated heterocycles. The van der Waals surface area contributed by atoms with Gasteiger partial charge in [-0.15, -0.1) is 23.2 Å². The highest BCUT2D eigenvalue weighted by Crippen LogP contribution is 2.23. The van der Waals surface area contributed by atoms with Crippen molar-refractivity contribution in [1.82, 2.24) is 9.55 Å². The Morgan fingerprint density at radius 1 is 1.21 bits per heavy atom. The van der Waals surface area contributed by atoms with Gasteiger partial charge in [0.25, 0.3) is 10.0 Å². The van der Waals surface area contributed by atoms with E-state index in [-0.39, 0.29) is 23.0 Å². The van der Waals surface area contributed by atoms with Crippen molar-refractivity contribution in [1.29, 1.82) is 0 Å². The van der Waals surface area contributed by atoms with Gasteiger partial charge in [0.05, 0.1) is 11.5 Å². The summed E-state index contributed by atoms with van der Waals surface area (Å²) in [6.07, 6.45) is 0. The van der Waals surface area contributed by atoms with Crippen molar-refractivity contribution in [3.63, 3.8) is 0 Å². The van der Waals surface area contributed by atoms with E-state index < -0.39 is 16.0 Å². The van der Waals surface area contributed by atoms with Gasteiger partial charge in [0.15, 0.2) is 11.5 Å². The molecule has 0 saturated carbocycles. The van der Waals surface area contributed by atoms with E-state index in [9.17, 15) is 13.2 Å². The van der Waals surface area contributed by atoms with E-state index >= 15 is 0 Å². The molecule has 2 aromatic rings. The van der Waals surface area contributed by atoms with Gasteiger partial charge in [0.2, 0.25) is 0 Å². The van der Waals surface area contributed by atoms with Gasteiger partial charge in [0.1, 0.15) is 5.82 Å². The third-order valence-corrected chi connectivity index (χ3v) is 5.93. The molecule has 0 aliphatic carbocycles. The predicted molar refractivity (Wildman–Crippen MR) is 115 cm³/mol. The van der Waals surface area contributed by atoms with Crippen LogP contribution in [0.4, 0.5) is 11.5 Å². The van der Waals surface area contributed by atoms with Gasteiger partial charge in [-0.2, -0.15) is 0 Å². The van der Waals surface area contributed by atoms with Crippen molar-refractivity contribution in [2.45, 2.75) is 18.7 Å². The summed E-state index contributed by atoms with van der Waals surface area (Å²) in [4.78, 5) is 18.4. The number of hydrogen-bond acceptors (Lipinski definition) is 6. The van der Waals surface area contributed by atoms with Crippen LogP contribution in [-0.2, 0) is 21.8 Å². The Balaban J connectivity index is 2.31. The molecule has 1 N–H and O–H groups in total. The summed E-state index contributed by atoms with van der Waals surface area (Å²) in [5.74, 6) is 0.598. The van der Waals surface area contributed by atoms with Gasteiger partial charge < -0.3 is 14.2 Å². The lowest BCUT2D eigenvalue weighted by molar-refractivity contribution is 0.0516. The van der Waals surface area contributed by atoms with Crippen molar-refractivity contribution in [3.05, 3.63) is 35.8 Å². The number of sulfonamides is 1. The number of nitrogens with one attached hydrogen (secondary N) is 1. The fraction of sp³-hybridized carbons (Fsp3) is 0.444. The second-order valence-corrected chi connectivity index (χ2v) is 8.54. The number of alkyl halides is 2. The van der Waals surface area contributed by atoms with Crippen LogP contribution in [0.2, 0.25) is 0 Å². The fourth-order valence-electron chi connectivity index (χ4n) is 2.71. The molecular formula is C18H24Cl2N4O4S. The van der Waals surface area contributed by atoms with E-state index in [1.807, 2.05) is 4.90 Å². The van der Waals surface area contributed by atoms with Crippen LogP contribution in [0.25, 0.3) is 0 Å². The quantitative estimate of drug-likeness (QED) is 0.430. The van der Waals surface area contributed by atoms with Crippen LogP contribution < -0.4 is 9.62 Å². The number of esters is 1. The molecule has 1 aromatic carbocycles. The molecule has 0 aliphatic heterocycles. The van der Waals surface area contributed by atoms with E-state index in [0.29, 0.717) is 30.7 Å². The summed E-state index contributed by atoms with van der Waals surface area (Å²) in [5, 5.41) is 0. The van der Waals surface area contributed by atoms with Crippen LogP contribution in [0.1, 0.15) is 23.2 Å². The first-order chi connectivity index (χ1) is 13.7. The summed E-state index contributed by atoms with van der Waals surface area (Å²) in [6, 6.07) is 6.33. The van der Waals surface area contributed by atoms with E-state index in [4.69, 9.17) is 27.9 Å². The number of imidazole rings is 1. The van der Waals surface area contributed by atoms with Gasteiger partial charge in [0, 0.05) is 37.6 Å². The molecule has 1 aromatic heterocycles. The van der Waals surface area contributed by atoms with Crippen LogP contribution >= 0.6 is 23.2 Å². The van der Waals surface area contributed by atoms with Crippen molar-refractivity contribution >= 4 is 50.7 Å². The Kier molecular flexibility index (Phi) is 8.18. The molecular weight excluding hydrogens is 439 g/mol. The number of halogens is 2. The number of aryl methyl sites for hydroxylation is 1. The maximum absolute atomic E-state index is 12.8. The fourth-order valence-corrected chi connectivity index (χ4v) is 4.13. The molecule has 0 fully saturated rings. The minimum atomic E-state index is -3.96. The highest BCUT2D eigenvalue weighted by Gasteiger charge is 2.25. The highest BCUT2D eigenvalue weighted by atomic mass is 35.5. The maximum atomic E-state index is 12.8. The lowest BCUT2D eigenvalue weighted by Crippen LogP contribution is -2.27. The first kappa shape index (κ1) is 23.3. The van der Waals surface area contributed by atoms with Gasteiger partial charge in [-0.25, -0.2) is 18.2 Å². The third kappa shape index (κ3) is 5.55. The van der Waals surface area contributed by atoms with Crippen molar-refractivity contribution < 1.29 is 17.9 Å². The number of rotatable bonds is 10. The lowest BCUT2D eigenvalue weighted by atomic mass is 10.3. The number of ether oxygens (including phenoxy) is 1. The summed E-state index contributed by atoms with van der Waals surface area (Å²) in [7, 11) is -2.34. The zero-order chi connectivity index (χ0) is 21.6. The highest BCUT2D eigenvalue weighted by molar-refractivity contribution is 7.92. The molecule has 2 rings (SSSR count). The first-order valence-electron chi connectivity index (χ1n) is 8.95. The van der Waals surface area contributed by atoms with Gasteiger partial charge in [-0.05, 0) is 38.1 Å². The SMILES string of the molecule is CCOC(=O)c1c(NS(=O)(=O)c2ccc(N(CCCl)CCCl)cc2)nc(C)n1C. The molecule has 1 heterocycles. The molecule has 0 bridgehead atoms. The second kappa shape index (κ2) is 10.2. The number of anilines is 2. The standard InChI is InChI=1S/C18H24Cl2N4O4S/c1-4-28-18(25)16-17(21-13(2)23(16)3)22-29(26,27)15-7-5-14(6-8-15)24(11-9-19)12-10-20/h5-8,22H,4,9-12H2,1-3H3. The molecule has 0 radical (unpaired) electrons. The normalized spacial score (nSPS) is 11.3. The van der Waals surface area contributed by atoms with Crippen LogP contribution in [0.3, 0.4) is 0 Å². The number of benzene rings is 1. The number of hydrogen-bond donors (Lipinski definition) is 1. The number of carbonyl (C=O) groups is 1. The van der Waals surface area contributed by atoms with Crippen molar-refractivity contribution in [3.8, 4) is 0 Å².